The minimum atomic E-state index is 1.14. The highest BCUT2D eigenvalue weighted by Gasteiger charge is 2.19. The standard InChI is InChI=1S/C46H29NS2/c1-2-10-32-28-35(20-19-30(32)9-1)34-12-7-11-33(27-34)31-21-23-36(24-22-31)47(37-25-26-45-41(29-37)39-14-4-5-17-43(39)48-45)42-16-8-15-40-38-13-3-6-18-44(38)49-46(40)42/h1-29H. The molecule has 0 atom stereocenters. The second-order valence-corrected chi connectivity index (χ2v) is 14.7. The molecular formula is C46H29NS2. The highest BCUT2D eigenvalue weighted by molar-refractivity contribution is 7.26. The summed E-state index contributed by atoms with van der Waals surface area (Å²) in [7, 11) is 0. The largest absolute Gasteiger partial charge is 0.309 e. The van der Waals surface area contributed by atoms with Crippen molar-refractivity contribution >= 4 is 90.9 Å². The Hall–Kier alpha value is -5.74. The van der Waals surface area contributed by atoms with Crippen LogP contribution in [0.4, 0.5) is 17.1 Å². The maximum atomic E-state index is 2.44. The number of rotatable bonds is 5. The summed E-state index contributed by atoms with van der Waals surface area (Å²) in [6, 6.07) is 64.5. The molecule has 230 valence electrons. The molecule has 0 unspecified atom stereocenters. The molecule has 0 radical (unpaired) electrons. The lowest BCUT2D eigenvalue weighted by Crippen LogP contribution is -2.10. The molecule has 0 fully saturated rings. The van der Waals surface area contributed by atoms with Crippen LogP contribution in [0, 0.1) is 0 Å². The van der Waals surface area contributed by atoms with Crippen molar-refractivity contribution in [3.05, 3.63) is 176 Å². The molecule has 10 aromatic rings. The summed E-state index contributed by atoms with van der Waals surface area (Å²) in [6.07, 6.45) is 0. The molecule has 0 saturated carbocycles. The quantitative estimate of drug-likeness (QED) is 0.178. The van der Waals surface area contributed by atoms with Gasteiger partial charge in [-0.2, -0.15) is 0 Å². The van der Waals surface area contributed by atoms with Crippen LogP contribution in [-0.4, -0.2) is 0 Å². The Bertz CT molecular complexity index is 2840. The molecule has 3 heteroatoms. The molecule has 10 rings (SSSR count). The van der Waals surface area contributed by atoms with Crippen molar-refractivity contribution in [2.24, 2.45) is 0 Å². The highest BCUT2D eigenvalue weighted by atomic mass is 32.1. The van der Waals surface area contributed by atoms with Gasteiger partial charge < -0.3 is 4.90 Å². The molecule has 0 aliphatic heterocycles. The molecule has 0 saturated heterocycles. The van der Waals surface area contributed by atoms with E-state index in [1.54, 1.807) is 0 Å². The van der Waals surface area contributed by atoms with Gasteiger partial charge in [0.25, 0.3) is 0 Å². The Morgan fingerprint density at radius 2 is 0.918 bits per heavy atom. The fourth-order valence-corrected chi connectivity index (χ4v) is 9.53. The Morgan fingerprint density at radius 3 is 1.76 bits per heavy atom. The molecule has 0 spiro atoms. The summed E-state index contributed by atoms with van der Waals surface area (Å²) in [5.41, 5.74) is 8.36. The summed E-state index contributed by atoms with van der Waals surface area (Å²) < 4.78 is 5.24. The highest BCUT2D eigenvalue weighted by Crippen LogP contribution is 2.46. The smallest absolute Gasteiger partial charge is 0.0640 e. The summed E-state index contributed by atoms with van der Waals surface area (Å²) in [5, 5.41) is 7.75. The minimum absolute atomic E-state index is 1.14. The molecule has 0 amide bonds. The van der Waals surface area contributed by atoms with E-state index in [1.165, 1.54) is 79.1 Å². The predicted molar refractivity (Wildman–Crippen MR) is 215 cm³/mol. The Morgan fingerprint density at radius 1 is 0.327 bits per heavy atom. The van der Waals surface area contributed by atoms with Crippen LogP contribution in [0.1, 0.15) is 0 Å². The molecule has 8 aromatic carbocycles. The predicted octanol–water partition coefficient (Wildman–Crippen LogP) is 14.4. The van der Waals surface area contributed by atoms with Crippen molar-refractivity contribution < 1.29 is 0 Å². The number of anilines is 3. The lowest BCUT2D eigenvalue weighted by atomic mass is 9.97. The average Bonchev–Trinajstić information content (AvgIpc) is 3.74. The van der Waals surface area contributed by atoms with Crippen molar-refractivity contribution in [1.82, 2.24) is 0 Å². The third-order valence-electron chi connectivity index (χ3n) is 9.65. The molecule has 0 aliphatic rings. The first kappa shape index (κ1) is 28.3. The Labute approximate surface area is 292 Å². The van der Waals surface area contributed by atoms with Gasteiger partial charge in [0.2, 0.25) is 0 Å². The minimum Gasteiger partial charge on any atom is -0.309 e. The Balaban J connectivity index is 1.11. The molecule has 2 heterocycles. The zero-order valence-corrected chi connectivity index (χ0v) is 28.1. The second-order valence-electron chi connectivity index (χ2n) is 12.6. The van der Waals surface area contributed by atoms with Crippen molar-refractivity contribution in [3.63, 3.8) is 0 Å². The zero-order chi connectivity index (χ0) is 32.3. The number of thiophene rings is 2. The monoisotopic (exact) mass is 659 g/mol. The van der Waals surface area contributed by atoms with E-state index < -0.39 is 0 Å². The number of hydrogen-bond donors (Lipinski definition) is 0. The van der Waals surface area contributed by atoms with Crippen LogP contribution in [0.5, 0.6) is 0 Å². The summed E-state index contributed by atoms with van der Waals surface area (Å²) >= 11 is 3.74. The van der Waals surface area contributed by atoms with Crippen molar-refractivity contribution in [3.8, 4) is 22.3 Å². The van der Waals surface area contributed by atoms with Gasteiger partial charge in [-0.1, -0.05) is 115 Å². The third-order valence-corrected chi connectivity index (χ3v) is 12.0. The lowest BCUT2D eigenvalue weighted by Gasteiger charge is -2.26. The lowest BCUT2D eigenvalue weighted by molar-refractivity contribution is 1.31. The van der Waals surface area contributed by atoms with Gasteiger partial charge in [0.05, 0.1) is 10.4 Å². The average molecular weight is 660 g/mol. The van der Waals surface area contributed by atoms with Gasteiger partial charge >= 0.3 is 0 Å². The van der Waals surface area contributed by atoms with E-state index in [0.29, 0.717) is 0 Å². The summed E-state index contributed by atoms with van der Waals surface area (Å²) in [5.74, 6) is 0. The van der Waals surface area contributed by atoms with E-state index in [9.17, 15) is 0 Å². The van der Waals surface area contributed by atoms with Crippen LogP contribution < -0.4 is 4.90 Å². The van der Waals surface area contributed by atoms with Crippen LogP contribution in [0.3, 0.4) is 0 Å². The number of nitrogens with zero attached hydrogens (tertiary/aromatic N) is 1. The van der Waals surface area contributed by atoms with Crippen LogP contribution in [0.2, 0.25) is 0 Å². The maximum Gasteiger partial charge on any atom is 0.0640 e. The summed E-state index contributed by atoms with van der Waals surface area (Å²) in [4.78, 5) is 2.44. The van der Waals surface area contributed by atoms with Crippen LogP contribution in [0.25, 0.3) is 73.4 Å². The topological polar surface area (TPSA) is 3.24 Å². The van der Waals surface area contributed by atoms with Crippen molar-refractivity contribution in [2.45, 2.75) is 0 Å². The van der Waals surface area contributed by atoms with Crippen LogP contribution >= 0.6 is 22.7 Å². The third kappa shape index (κ3) is 4.82. The van der Waals surface area contributed by atoms with Gasteiger partial charge in [-0.15, -0.1) is 22.7 Å². The molecule has 2 aromatic heterocycles. The fourth-order valence-electron chi connectivity index (χ4n) is 7.24. The maximum absolute atomic E-state index is 2.44. The first-order valence-electron chi connectivity index (χ1n) is 16.6. The van der Waals surface area contributed by atoms with E-state index in [0.717, 1.165) is 11.4 Å². The fraction of sp³-hybridized carbons (Fsp3) is 0. The van der Waals surface area contributed by atoms with Crippen LogP contribution in [0.15, 0.2) is 176 Å². The molecular weight excluding hydrogens is 631 g/mol. The van der Waals surface area contributed by atoms with E-state index in [2.05, 4.69) is 181 Å². The number of hydrogen-bond acceptors (Lipinski definition) is 3. The van der Waals surface area contributed by atoms with E-state index >= 15 is 0 Å². The molecule has 1 nitrogen and oxygen atoms in total. The van der Waals surface area contributed by atoms with E-state index in [1.807, 2.05) is 22.7 Å². The van der Waals surface area contributed by atoms with E-state index in [-0.39, 0.29) is 0 Å². The zero-order valence-electron chi connectivity index (χ0n) is 26.5. The molecule has 0 aliphatic carbocycles. The van der Waals surface area contributed by atoms with Crippen molar-refractivity contribution in [2.75, 3.05) is 4.90 Å². The number of benzene rings is 8. The molecule has 0 bridgehead atoms. The van der Waals surface area contributed by atoms with Gasteiger partial charge in [0.1, 0.15) is 0 Å². The number of fused-ring (bicyclic) bond motifs is 7. The van der Waals surface area contributed by atoms with Gasteiger partial charge in [-0.05, 0) is 93.7 Å². The van der Waals surface area contributed by atoms with Gasteiger partial charge in [0, 0.05) is 47.0 Å². The molecule has 0 N–H and O–H groups in total. The van der Waals surface area contributed by atoms with E-state index in [4.69, 9.17) is 0 Å². The summed E-state index contributed by atoms with van der Waals surface area (Å²) in [6.45, 7) is 0. The van der Waals surface area contributed by atoms with Gasteiger partial charge in [-0.25, -0.2) is 0 Å². The first-order chi connectivity index (χ1) is 24.3. The van der Waals surface area contributed by atoms with Gasteiger partial charge in [0.15, 0.2) is 0 Å². The van der Waals surface area contributed by atoms with Crippen molar-refractivity contribution in [1.29, 1.82) is 0 Å². The molecule has 49 heavy (non-hydrogen) atoms. The SMILES string of the molecule is c1cc(-c2ccc(N(c3ccc4sc5ccccc5c4c3)c3cccc4c3sc3ccccc34)cc2)cc(-c2ccc3ccccc3c2)c1. The second kappa shape index (κ2) is 11.5. The normalized spacial score (nSPS) is 11.7. The van der Waals surface area contributed by atoms with Crippen LogP contribution in [-0.2, 0) is 0 Å². The Kier molecular flexibility index (Phi) is 6.61. The first-order valence-corrected chi connectivity index (χ1v) is 18.2. The van der Waals surface area contributed by atoms with Gasteiger partial charge in [-0.3, -0.25) is 0 Å².